The number of para-hydroxylation sites is 1. The first kappa shape index (κ1) is 35.0. The number of carboxylic acids is 1. The van der Waals surface area contributed by atoms with Crippen LogP contribution in [-0.4, -0.2) is 81.7 Å². The number of anilines is 1. The van der Waals surface area contributed by atoms with Crippen LogP contribution in [0.2, 0.25) is 0 Å². The quantitative estimate of drug-likeness (QED) is 0.159. The van der Waals surface area contributed by atoms with Gasteiger partial charge in [-0.15, -0.1) is 0 Å². The van der Waals surface area contributed by atoms with Gasteiger partial charge >= 0.3 is 43.7 Å². The molecule has 0 aliphatic rings. The Morgan fingerprint density at radius 2 is 1.57 bits per heavy atom. The van der Waals surface area contributed by atoms with Crippen molar-refractivity contribution in [3.8, 4) is 28.5 Å². The average Bonchev–Trinajstić information content (AvgIpc) is 3.32. The number of aromatic nitrogens is 1. The van der Waals surface area contributed by atoms with Gasteiger partial charge in [0.05, 0.1) is 41.1 Å². The number of hydrogen-bond donors (Lipinski definition) is 4. The second-order valence-corrected chi connectivity index (χ2v) is 10.7. The minimum atomic E-state index is -1.21. The molecule has 0 fully saturated rings. The van der Waals surface area contributed by atoms with E-state index in [-0.39, 0.29) is 63.0 Å². The average molecular weight is 626 g/mol. The summed E-state index contributed by atoms with van der Waals surface area (Å²) in [5, 5.41) is 42.4. The number of hydrogen-bond acceptors (Lipinski definition) is 5. The van der Waals surface area contributed by atoms with Gasteiger partial charge in [0.1, 0.15) is 11.9 Å². The number of benzene rings is 3. The van der Waals surface area contributed by atoms with Crippen LogP contribution in [0.5, 0.6) is 0 Å². The molecule has 4 rings (SSSR count). The molecule has 8 nitrogen and oxygen atoms in total. The molecule has 0 aliphatic carbocycles. The van der Waals surface area contributed by atoms with Crippen LogP contribution in [0.25, 0.3) is 22.4 Å². The van der Waals surface area contributed by atoms with E-state index >= 15 is 0 Å². The van der Waals surface area contributed by atoms with E-state index in [4.69, 9.17) is 5.11 Å². The Bertz CT molecular complexity index is 1630. The fourth-order valence-corrected chi connectivity index (χ4v) is 5.36. The summed E-state index contributed by atoms with van der Waals surface area (Å²) in [6, 6.07) is 24.1. The predicted octanol–water partition coefficient (Wildman–Crippen LogP) is 5.27. The molecule has 0 bridgehead atoms. The number of halogens is 1. The summed E-state index contributed by atoms with van der Waals surface area (Å²) >= 11 is 0. The summed E-state index contributed by atoms with van der Waals surface area (Å²) in [4.78, 5) is 25.2. The van der Waals surface area contributed by atoms with Crippen molar-refractivity contribution >= 4 is 55.3 Å². The SMILES string of the molecule is CC(C)c1c(C(=O)Nc2ccccc2C#N)c(-c2ccccc2)c(-c2ccc(F)cc2)n1CC[C@@H](O)C[C@@H](O)CC(=O)O.[CaH2]. The predicted molar refractivity (Wildman–Crippen MR) is 171 cm³/mol. The van der Waals surface area contributed by atoms with Gasteiger partial charge in [0, 0.05) is 17.8 Å². The first-order valence-electron chi connectivity index (χ1n) is 14.1. The van der Waals surface area contributed by atoms with Gasteiger partial charge in [0.25, 0.3) is 5.91 Å². The molecule has 10 heteroatoms. The van der Waals surface area contributed by atoms with Crippen molar-refractivity contribution in [2.75, 3.05) is 5.32 Å². The molecule has 0 radical (unpaired) electrons. The Labute approximate surface area is 285 Å². The zero-order valence-corrected chi connectivity index (χ0v) is 24.0. The van der Waals surface area contributed by atoms with Crippen molar-refractivity contribution in [2.24, 2.45) is 0 Å². The fraction of sp³-hybridized carbons (Fsp3) is 0.265. The first-order valence-corrected chi connectivity index (χ1v) is 14.1. The van der Waals surface area contributed by atoms with Crippen LogP contribution in [0.15, 0.2) is 78.9 Å². The summed E-state index contributed by atoms with van der Waals surface area (Å²) in [5.74, 6) is -2.18. The van der Waals surface area contributed by atoms with E-state index in [9.17, 15) is 29.5 Å². The number of rotatable bonds is 12. The molecule has 1 amide bonds. The van der Waals surface area contributed by atoms with E-state index in [2.05, 4.69) is 11.4 Å². The first-order chi connectivity index (χ1) is 20.6. The van der Waals surface area contributed by atoms with Gasteiger partial charge in [-0.2, -0.15) is 5.26 Å². The van der Waals surface area contributed by atoms with Gasteiger partial charge in [-0.1, -0.05) is 56.3 Å². The number of nitriles is 1. The monoisotopic (exact) mass is 625 g/mol. The number of carboxylic acid groups (broad SMARTS) is 1. The second kappa shape index (κ2) is 16.0. The van der Waals surface area contributed by atoms with Gasteiger partial charge in [0.15, 0.2) is 0 Å². The van der Waals surface area contributed by atoms with Crippen LogP contribution < -0.4 is 5.32 Å². The van der Waals surface area contributed by atoms with Crippen LogP contribution in [0.4, 0.5) is 10.1 Å². The summed E-state index contributed by atoms with van der Waals surface area (Å²) in [6.07, 6.45) is -2.67. The standard InChI is InChI=1S/C34H34FN3O5.Ca.2H/c1-21(2)32-31(34(43)37-28-11-7-6-10-24(28)20-36)30(22-8-4-3-5-9-22)33(23-12-14-25(35)15-13-23)38(32)17-16-26(39)18-27(40)19-29(41)42;;;/h3-15,21,26-27,39-40H,16-19H2,1-2H3,(H,37,43)(H,41,42);;;/t26-,27-;;;/m1.../s1. The molecular formula is C34H36CaFN3O5. The van der Waals surface area contributed by atoms with E-state index in [1.165, 1.54) is 12.1 Å². The third-order valence-electron chi connectivity index (χ3n) is 7.19. The van der Waals surface area contributed by atoms with Crippen molar-refractivity contribution in [3.63, 3.8) is 0 Å². The number of nitrogens with zero attached hydrogens (tertiary/aromatic N) is 2. The molecule has 1 heterocycles. The van der Waals surface area contributed by atoms with Crippen LogP contribution >= 0.6 is 0 Å². The molecule has 0 saturated carbocycles. The molecule has 4 aromatic rings. The summed E-state index contributed by atoms with van der Waals surface area (Å²) in [5.41, 5.74) is 4.39. The number of aliphatic carboxylic acids is 1. The Morgan fingerprint density at radius 1 is 0.932 bits per heavy atom. The summed E-state index contributed by atoms with van der Waals surface area (Å²) < 4.78 is 16.0. The van der Waals surface area contributed by atoms with Crippen LogP contribution in [0, 0.1) is 17.1 Å². The molecule has 44 heavy (non-hydrogen) atoms. The number of nitrogens with one attached hydrogen (secondary N) is 1. The Hall–Kier alpha value is -3.52. The Morgan fingerprint density at radius 3 is 2.18 bits per heavy atom. The number of aliphatic hydroxyl groups is 2. The van der Waals surface area contributed by atoms with Crippen LogP contribution in [0.1, 0.15) is 60.6 Å². The minimum absolute atomic E-state index is 0. The molecule has 0 unspecified atom stereocenters. The van der Waals surface area contributed by atoms with Crippen molar-refractivity contribution in [1.29, 1.82) is 5.26 Å². The Balaban J connectivity index is 0.00000529. The molecule has 1 aromatic heterocycles. The molecule has 0 aliphatic heterocycles. The number of aliphatic hydroxyl groups excluding tert-OH is 2. The van der Waals surface area contributed by atoms with Gasteiger partial charge in [0.2, 0.25) is 0 Å². The summed E-state index contributed by atoms with van der Waals surface area (Å²) in [6.45, 7) is 4.12. The normalized spacial score (nSPS) is 12.2. The second-order valence-electron chi connectivity index (χ2n) is 10.7. The fourth-order valence-electron chi connectivity index (χ4n) is 5.36. The topological polar surface area (TPSA) is 136 Å². The number of carbonyl (C=O) groups is 2. The van der Waals surface area contributed by atoms with Crippen molar-refractivity contribution in [3.05, 3.63) is 102 Å². The zero-order valence-electron chi connectivity index (χ0n) is 24.0. The zero-order chi connectivity index (χ0) is 31.1. The van der Waals surface area contributed by atoms with Gasteiger partial charge in [-0.3, -0.25) is 9.59 Å². The van der Waals surface area contributed by atoms with Crippen molar-refractivity contribution in [2.45, 2.75) is 57.8 Å². The Kier molecular flexibility index (Phi) is 12.7. The molecule has 4 N–H and O–H groups in total. The van der Waals surface area contributed by atoms with Gasteiger partial charge in [-0.25, -0.2) is 4.39 Å². The van der Waals surface area contributed by atoms with E-state index in [0.29, 0.717) is 39.3 Å². The molecule has 0 saturated heterocycles. The van der Waals surface area contributed by atoms with Crippen LogP contribution in [-0.2, 0) is 11.3 Å². The van der Waals surface area contributed by atoms with E-state index in [0.717, 1.165) is 5.56 Å². The number of carbonyl (C=O) groups excluding carboxylic acids is 1. The van der Waals surface area contributed by atoms with Gasteiger partial charge < -0.3 is 25.2 Å². The maximum absolute atomic E-state index is 14.2. The van der Waals surface area contributed by atoms with Gasteiger partial charge in [-0.05, 0) is 66.3 Å². The van der Waals surface area contributed by atoms with E-state index < -0.39 is 36.3 Å². The van der Waals surface area contributed by atoms with E-state index in [1.807, 2.05) is 48.7 Å². The van der Waals surface area contributed by atoms with Crippen molar-refractivity contribution < 1.29 is 29.3 Å². The summed E-state index contributed by atoms with van der Waals surface area (Å²) in [7, 11) is 0. The van der Waals surface area contributed by atoms with E-state index in [1.54, 1.807) is 36.4 Å². The van der Waals surface area contributed by atoms with Crippen molar-refractivity contribution in [1.82, 2.24) is 4.57 Å². The third-order valence-corrected chi connectivity index (χ3v) is 7.19. The molecule has 3 aromatic carbocycles. The molecular weight excluding hydrogens is 589 g/mol. The molecule has 0 spiro atoms. The molecule has 2 atom stereocenters. The maximum atomic E-state index is 14.2. The third kappa shape index (κ3) is 8.35. The van der Waals surface area contributed by atoms with Crippen LogP contribution in [0.3, 0.4) is 0 Å². The molecule has 226 valence electrons. The number of amides is 1.